The monoisotopic (exact) mass is 309 g/mol. The Morgan fingerprint density at radius 2 is 2.10 bits per heavy atom. The van der Waals surface area contributed by atoms with Crippen LogP contribution in [-0.2, 0) is 6.54 Å². The quantitative estimate of drug-likeness (QED) is 0.899. The predicted octanol–water partition coefficient (Wildman–Crippen LogP) is 3.37. The van der Waals surface area contributed by atoms with Crippen LogP contribution in [-0.4, -0.2) is 43.7 Å². The van der Waals surface area contributed by atoms with Crippen LogP contribution in [0.4, 0.5) is 5.69 Å². The fraction of sp³-hybridized carbons (Fsp3) is 0.647. The Morgan fingerprint density at radius 1 is 1.33 bits per heavy atom. The second kappa shape index (κ2) is 7.48. The van der Waals surface area contributed by atoms with Crippen molar-refractivity contribution in [1.82, 2.24) is 10.2 Å². The maximum absolute atomic E-state index is 6.45. The van der Waals surface area contributed by atoms with Crippen LogP contribution in [0.5, 0.6) is 0 Å². The summed E-state index contributed by atoms with van der Waals surface area (Å²) >= 11 is 6.45. The number of likely N-dealkylation sites (N-methyl/N-ethyl adjacent to an activating group) is 1. The lowest BCUT2D eigenvalue weighted by Gasteiger charge is -2.41. The average Bonchev–Trinajstić information content (AvgIpc) is 2.46. The molecule has 1 atom stereocenters. The third kappa shape index (κ3) is 4.12. The first kappa shape index (κ1) is 16.6. The molecule has 4 heteroatoms. The minimum Gasteiger partial charge on any atom is -0.368 e. The highest BCUT2D eigenvalue weighted by Crippen LogP contribution is 2.29. The zero-order chi connectivity index (χ0) is 15.4. The molecule has 1 aliphatic rings. The smallest absolute Gasteiger partial charge is 0.0471 e. The third-order valence-electron chi connectivity index (χ3n) is 4.37. The lowest BCUT2D eigenvalue weighted by Crippen LogP contribution is -2.51. The maximum Gasteiger partial charge on any atom is 0.0471 e. The van der Waals surface area contributed by atoms with Gasteiger partial charge in [-0.25, -0.2) is 0 Å². The molecule has 1 aromatic carbocycles. The van der Waals surface area contributed by atoms with Crippen molar-refractivity contribution in [2.75, 3.05) is 31.6 Å². The van der Waals surface area contributed by atoms with E-state index >= 15 is 0 Å². The summed E-state index contributed by atoms with van der Waals surface area (Å²) in [5, 5.41) is 4.36. The number of halogens is 1. The number of nitrogens with zero attached hydrogens (tertiary/aromatic N) is 2. The van der Waals surface area contributed by atoms with Crippen molar-refractivity contribution in [1.29, 1.82) is 0 Å². The fourth-order valence-corrected chi connectivity index (χ4v) is 3.17. The molecule has 0 amide bonds. The molecular formula is C17H28ClN3. The summed E-state index contributed by atoms with van der Waals surface area (Å²) in [6.07, 6.45) is 1.19. The van der Waals surface area contributed by atoms with E-state index in [1.54, 1.807) is 0 Å². The zero-order valence-electron chi connectivity index (χ0n) is 13.7. The molecule has 0 aliphatic carbocycles. The molecule has 0 spiro atoms. The average molecular weight is 310 g/mol. The molecule has 1 fully saturated rings. The van der Waals surface area contributed by atoms with Crippen molar-refractivity contribution < 1.29 is 0 Å². The fourth-order valence-electron chi connectivity index (χ4n) is 2.93. The molecule has 0 radical (unpaired) electrons. The van der Waals surface area contributed by atoms with Crippen LogP contribution < -0.4 is 10.2 Å². The van der Waals surface area contributed by atoms with Gasteiger partial charge in [-0.15, -0.1) is 0 Å². The third-order valence-corrected chi connectivity index (χ3v) is 4.72. The van der Waals surface area contributed by atoms with E-state index in [0.29, 0.717) is 12.1 Å². The highest BCUT2D eigenvalue weighted by atomic mass is 35.5. The second-order valence-corrected chi connectivity index (χ2v) is 6.67. The van der Waals surface area contributed by atoms with Gasteiger partial charge in [0.05, 0.1) is 0 Å². The molecule has 1 N–H and O–H groups in total. The van der Waals surface area contributed by atoms with E-state index in [0.717, 1.165) is 31.2 Å². The van der Waals surface area contributed by atoms with Gasteiger partial charge in [-0.2, -0.15) is 0 Å². The highest BCUT2D eigenvalue weighted by molar-refractivity contribution is 6.31. The lowest BCUT2D eigenvalue weighted by molar-refractivity contribution is 0.213. The number of nitrogens with one attached hydrogen (secondary N) is 1. The summed E-state index contributed by atoms with van der Waals surface area (Å²) < 4.78 is 0. The first-order chi connectivity index (χ1) is 10.0. The van der Waals surface area contributed by atoms with Gasteiger partial charge in [0.25, 0.3) is 0 Å². The normalized spacial score (nSPS) is 20.3. The number of piperazine rings is 1. The number of anilines is 1. The minimum atomic E-state index is 0.463. The van der Waals surface area contributed by atoms with Crippen molar-refractivity contribution in [3.05, 3.63) is 28.8 Å². The molecule has 0 saturated carbocycles. The van der Waals surface area contributed by atoms with E-state index in [-0.39, 0.29) is 0 Å². The molecule has 1 heterocycles. The molecule has 3 nitrogen and oxygen atoms in total. The van der Waals surface area contributed by atoms with Crippen molar-refractivity contribution in [3.63, 3.8) is 0 Å². The van der Waals surface area contributed by atoms with Crippen molar-refractivity contribution >= 4 is 17.3 Å². The van der Waals surface area contributed by atoms with Gasteiger partial charge in [0, 0.05) is 54.5 Å². The van der Waals surface area contributed by atoms with Gasteiger partial charge in [0.2, 0.25) is 0 Å². The largest absolute Gasteiger partial charge is 0.368 e. The van der Waals surface area contributed by atoms with Gasteiger partial charge in [0.1, 0.15) is 0 Å². The molecule has 2 rings (SSSR count). The van der Waals surface area contributed by atoms with Crippen LogP contribution in [0.1, 0.15) is 32.8 Å². The van der Waals surface area contributed by atoms with E-state index in [1.165, 1.54) is 17.7 Å². The van der Waals surface area contributed by atoms with Crippen LogP contribution in [0.2, 0.25) is 5.02 Å². The van der Waals surface area contributed by atoms with Gasteiger partial charge in [-0.3, -0.25) is 4.90 Å². The topological polar surface area (TPSA) is 18.5 Å². The predicted molar refractivity (Wildman–Crippen MR) is 92.3 cm³/mol. The number of hydrogen-bond donors (Lipinski definition) is 1. The Morgan fingerprint density at radius 3 is 2.76 bits per heavy atom. The molecule has 1 aliphatic heterocycles. The van der Waals surface area contributed by atoms with Crippen LogP contribution in [0, 0.1) is 0 Å². The first-order valence-electron chi connectivity index (χ1n) is 7.98. The van der Waals surface area contributed by atoms with Crippen LogP contribution in [0.25, 0.3) is 0 Å². The number of hydrogen-bond acceptors (Lipinski definition) is 3. The molecule has 118 valence electrons. The summed E-state index contributed by atoms with van der Waals surface area (Å²) in [6, 6.07) is 7.36. The van der Waals surface area contributed by atoms with Gasteiger partial charge in [-0.05, 0) is 25.6 Å². The van der Waals surface area contributed by atoms with Crippen LogP contribution in [0.3, 0.4) is 0 Å². The van der Waals surface area contributed by atoms with E-state index in [9.17, 15) is 0 Å². The molecule has 21 heavy (non-hydrogen) atoms. The standard InChI is InChI=1S/C17H28ClN3/c1-5-14-12-21(10-9-20(14)4)17-8-6-7-16(18)15(17)11-19-13(2)3/h6-8,13-14,19H,5,9-12H2,1-4H3. The lowest BCUT2D eigenvalue weighted by atomic mass is 10.1. The molecular weight excluding hydrogens is 282 g/mol. The molecule has 0 aromatic heterocycles. The van der Waals surface area contributed by atoms with Crippen molar-refractivity contribution in [2.45, 2.75) is 45.8 Å². The Labute approximate surface area is 134 Å². The van der Waals surface area contributed by atoms with Gasteiger partial charge in [-0.1, -0.05) is 38.4 Å². The van der Waals surface area contributed by atoms with Crippen molar-refractivity contribution in [2.24, 2.45) is 0 Å². The Bertz CT molecular complexity index is 461. The summed E-state index contributed by atoms with van der Waals surface area (Å²) in [6.45, 7) is 10.7. The first-order valence-corrected chi connectivity index (χ1v) is 8.36. The summed E-state index contributed by atoms with van der Waals surface area (Å²) in [5.74, 6) is 0. The summed E-state index contributed by atoms with van der Waals surface area (Å²) in [5.41, 5.74) is 2.52. The minimum absolute atomic E-state index is 0.463. The Hall–Kier alpha value is -0.770. The van der Waals surface area contributed by atoms with Gasteiger partial charge in [0.15, 0.2) is 0 Å². The maximum atomic E-state index is 6.45. The van der Waals surface area contributed by atoms with Crippen LogP contribution in [0.15, 0.2) is 18.2 Å². The summed E-state index contributed by atoms with van der Waals surface area (Å²) in [7, 11) is 2.23. The molecule has 1 aromatic rings. The van der Waals surface area contributed by atoms with Gasteiger partial charge < -0.3 is 10.2 Å². The zero-order valence-corrected chi connectivity index (χ0v) is 14.5. The van der Waals surface area contributed by atoms with E-state index < -0.39 is 0 Å². The van der Waals surface area contributed by atoms with Gasteiger partial charge >= 0.3 is 0 Å². The molecule has 1 saturated heterocycles. The van der Waals surface area contributed by atoms with E-state index in [4.69, 9.17) is 11.6 Å². The summed E-state index contributed by atoms with van der Waals surface area (Å²) in [4.78, 5) is 4.96. The molecule has 1 unspecified atom stereocenters. The van der Waals surface area contributed by atoms with Crippen molar-refractivity contribution in [3.8, 4) is 0 Å². The highest BCUT2D eigenvalue weighted by Gasteiger charge is 2.24. The Balaban J connectivity index is 2.20. The van der Waals surface area contributed by atoms with E-state index in [2.05, 4.69) is 55.1 Å². The van der Waals surface area contributed by atoms with Crippen LogP contribution >= 0.6 is 11.6 Å². The van der Waals surface area contributed by atoms with E-state index in [1.807, 2.05) is 6.07 Å². The number of benzene rings is 1. The SMILES string of the molecule is CCC1CN(c2cccc(Cl)c2CNC(C)C)CCN1C. The molecule has 0 bridgehead atoms. The Kier molecular flexibility index (Phi) is 5.91. The second-order valence-electron chi connectivity index (χ2n) is 6.26. The number of rotatable bonds is 5.